The van der Waals surface area contributed by atoms with Gasteiger partial charge in [0, 0.05) is 17.4 Å². The lowest BCUT2D eigenvalue weighted by atomic mass is 9.68. The molecule has 0 spiro atoms. The Balaban J connectivity index is 1.88. The van der Waals surface area contributed by atoms with Gasteiger partial charge in [0.15, 0.2) is 15.4 Å². The van der Waals surface area contributed by atoms with E-state index in [-0.39, 0.29) is 20.9 Å². The van der Waals surface area contributed by atoms with Gasteiger partial charge in [-0.15, -0.1) is 0 Å². The number of aliphatic carboxylic acids is 1. The van der Waals surface area contributed by atoms with Gasteiger partial charge in [-0.25, -0.2) is 13.2 Å². The monoisotopic (exact) mass is 684 g/mol. The Morgan fingerprint density at radius 3 is 2.26 bits per heavy atom. The Labute approximate surface area is 260 Å². The van der Waals surface area contributed by atoms with Crippen molar-refractivity contribution in [2.45, 2.75) is 106 Å². The number of hydrogen-bond acceptors (Lipinski definition) is 9. The first-order valence-corrected chi connectivity index (χ1v) is 16.8. The van der Waals surface area contributed by atoms with Gasteiger partial charge >= 0.3 is 5.97 Å². The molecule has 2 heterocycles. The highest BCUT2D eigenvalue weighted by Crippen LogP contribution is 2.51. The fourth-order valence-electron chi connectivity index (χ4n) is 6.40. The van der Waals surface area contributed by atoms with E-state index in [1.807, 2.05) is 44.2 Å². The lowest BCUT2D eigenvalue weighted by Crippen LogP contribution is -2.78. The number of aliphatic hydroxyl groups excluding tert-OH is 2. The highest BCUT2D eigenvalue weighted by molar-refractivity contribution is 9.10. The quantitative estimate of drug-likeness (QED) is 0.276. The minimum atomic E-state index is -4.02. The SMILES string of the molecule is CCCC[C@]1(CC)CS(=O)(=O)c2cc(OC3OC(C)(C(=O)O)C(C)(O)C(C)(O)C3O)c(Br)cc2C(c2ccccc2)[C@H]1O. The molecule has 0 aromatic heterocycles. The van der Waals surface area contributed by atoms with Gasteiger partial charge in [0.05, 0.1) is 21.2 Å². The van der Waals surface area contributed by atoms with E-state index in [4.69, 9.17) is 9.47 Å². The largest absolute Gasteiger partial charge is 0.479 e. The molecule has 2 aromatic carbocycles. The summed E-state index contributed by atoms with van der Waals surface area (Å²) in [5.74, 6) is -2.70. The summed E-state index contributed by atoms with van der Waals surface area (Å²) >= 11 is 3.43. The van der Waals surface area contributed by atoms with Crippen LogP contribution in [0.2, 0.25) is 0 Å². The van der Waals surface area contributed by atoms with Crippen LogP contribution in [0.1, 0.15) is 77.3 Å². The number of ether oxygens (including phenoxy) is 2. The number of benzene rings is 2. The van der Waals surface area contributed by atoms with Gasteiger partial charge in [-0.3, -0.25) is 0 Å². The van der Waals surface area contributed by atoms with Crippen LogP contribution in [-0.2, 0) is 19.4 Å². The molecule has 238 valence electrons. The molecule has 1 fully saturated rings. The molecule has 10 nitrogen and oxygen atoms in total. The van der Waals surface area contributed by atoms with Crippen molar-refractivity contribution in [2.24, 2.45) is 5.41 Å². The number of aliphatic hydroxyl groups is 4. The first kappa shape index (κ1) is 33.8. The number of rotatable bonds is 8. The highest BCUT2D eigenvalue weighted by Gasteiger charge is 2.69. The Bertz CT molecular complexity index is 1460. The van der Waals surface area contributed by atoms with Crippen LogP contribution in [0.3, 0.4) is 0 Å². The van der Waals surface area contributed by atoms with Crippen molar-refractivity contribution in [3.05, 3.63) is 58.1 Å². The van der Waals surface area contributed by atoms with Crippen LogP contribution in [0.15, 0.2) is 51.8 Å². The molecule has 0 radical (unpaired) electrons. The number of hydrogen-bond donors (Lipinski definition) is 5. The lowest BCUT2D eigenvalue weighted by molar-refractivity contribution is -0.362. The standard InChI is InChI=1S/C31H41BrO10S/c1-6-8-14-31(7-2)17-43(39,40)22-16-21(20(32)15-19(22)23(24(31)33)18-12-10-9-11-13-18)41-26-25(34)28(3,37)30(5,38)29(4,42-26)27(35)36/h9-13,15-16,23-26,33-34,37-38H,6-8,14,17H2,1-5H3,(H,35,36)/t23?,24-,25?,26?,28?,29?,30?,31-/m1/s1. The molecule has 8 atom stereocenters. The summed E-state index contributed by atoms with van der Waals surface area (Å²) in [6.45, 7) is 7.06. The third-order valence-corrected chi connectivity index (χ3v) is 12.4. The zero-order valence-electron chi connectivity index (χ0n) is 24.9. The van der Waals surface area contributed by atoms with Crippen molar-refractivity contribution in [3.63, 3.8) is 0 Å². The normalized spacial score (nSPS) is 37.3. The Morgan fingerprint density at radius 2 is 1.70 bits per heavy atom. The molecule has 0 aliphatic carbocycles. The molecular formula is C31H41BrO10S. The van der Waals surface area contributed by atoms with Crippen LogP contribution in [0.5, 0.6) is 5.75 Å². The summed E-state index contributed by atoms with van der Waals surface area (Å²) in [5.41, 5.74) is -7.09. The Morgan fingerprint density at radius 1 is 1.07 bits per heavy atom. The molecule has 0 saturated carbocycles. The average molecular weight is 686 g/mol. The summed E-state index contributed by atoms with van der Waals surface area (Å²) in [4.78, 5) is 12.1. The topological polar surface area (TPSA) is 171 Å². The van der Waals surface area contributed by atoms with Gasteiger partial charge in [0.1, 0.15) is 23.1 Å². The van der Waals surface area contributed by atoms with E-state index in [9.17, 15) is 38.7 Å². The molecule has 1 saturated heterocycles. The maximum absolute atomic E-state index is 14.1. The van der Waals surface area contributed by atoms with Gasteiger partial charge in [0.2, 0.25) is 6.29 Å². The molecule has 43 heavy (non-hydrogen) atoms. The number of halogens is 1. The molecule has 12 heteroatoms. The minimum Gasteiger partial charge on any atom is -0.479 e. The smallest absolute Gasteiger partial charge is 0.339 e. The summed E-state index contributed by atoms with van der Waals surface area (Å²) in [5, 5.41) is 54.9. The van der Waals surface area contributed by atoms with E-state index < -0.39 is 62.4 Å². The molecule has 0 amide bonds. The Hall–Kier alpha value is -2.06. The molecule has 5 N–H and O–H groups in total. The van der Waals surface area contributed by atoms with Crippen LogP contribution < -0.4 is 4.74 Å². The maximum atomic E-state index is 14.1. The van der Waals surface area contributed by atoms with Crippen molar-refractivity contribution < 1.29 is 48.2 Å². The summed E-state index contributed by atoms with van der Waals surface area (Å²) in [6, 6.07) is 12.0. The van der Waals surface area contributed by atoms with E-state index >= 15 is 0 Å². The maximum Gasteiger partial charge on any atom is 0.339 e. The van der Waals surface area contributed by atoms with Crippen molar-refractivity contribution >= 4 is 31.7 Å². The molecule has 6 unspecified atom stereocenters. The third-order valence-electron chi connectivity index (χ3n) is 9.80. The third kappa shape index (κ3) is 5.43. The van der Waals surface area contributed by atoms with Crippen molar-refractivity contribution in [1.82, 2.24) is 0 Å². The zero-order valence-corrected chi connectivity index (χ0v) is 27.4. The van der Waals surface area contributed by atoms with Crippen LogP contribution >= 0.6 is 15.9 Å². The number of unbranched alkanes of at least 4 members (excludes halogenated alkanes) is 1. The molecule has 4 rings (SSSR count). The van der Waals surface area contributed by atoms with Crippen LogP contribution in [0, 0.1) is 5.41 Å². The Kier molecular flexibility index (Phi) is 9.21. The van der Waals surface area contributed by atoms with Gasteiger partial charge in [-0.05, 0) is 66.7 Å². The molecule has 0 bridgehead atoms. The minimum absolute atomic E-state index is 0.0736. The van der Waals surface area contributed by atoms with E-state index in [1.54, 1.807) is 6.07 Å². The number of carbonyl (C=O) groups is 1. The van der Waals surface area contributed by atoms with E-state index in [0.717, 1.165) is 39.2 Å². The molecule has 2 aromatic rings. The van der Waals surface area contributed by atoms with E-state index in [0.29, 0.717) is 18.4 Å². The predicted molar refractivity (Wildman–Crippen MR) is 162 cm³/mol. The van der Waals surface area contributed by atoms with Gasteiger partial charge in [-0.2, -0.15) is 0 Å². The van der Waals surface area contributed by atoms with Crippen molar-refractivity contribution in [1.29, 1.82) is 0 Å². The summed E-state index contributed by atoms with van der Waals surface area (Å²) < 4.78 is 40.0. The average Bonchev–Trinajstić information content (AvgIpc) is 3.01. The zero-order chi connectivity index (χ0) is 32.2. The second-order valence-corrected chi connectivity index (χ2v) is 15.2. The van der Waals surface area contributed by atoms with Crippen LogP contribution in [0.4, 0.5) is 0 Å². The summed E-state index contributed by atoms with van der Waals surface area (Å²) in [6.07, 6.45) is -2.27. The van der Waals surface area contributed by atoms with Crippen LogP contribution in [-0.4, -0.2) is 81.0 Å². The van der Waals surface area contributed by atoms with Gasteiger partial charge < -0.3 is 35.0 Å². The second-order valence-electron chi connectivity index (χ2n) is 12.3. The lowest BCUT2D eigenvalue weighted by Gasteiger charge is -2.55. The first-order chi connectivity index (χ1) is 19.9. The summed E-state index contributed by atoms with van der Waals surface area (Å²) in [7, 11) is -4.02. The van der Waals surface area contributed by atoms with Crippen molar-refractivity contribution in [2.75, 3.05) is 5.75 Å². The number of carboxylic acid groups (broad SMARTS) is 1. The fraction of sp³-hybridized carbons (Fsp3) is 0.581. The highest BCUT2D eigenvalue weighted by atomic mass is 79.9. The second kappa shape index (κ2) is 11.7. The van der Waals surface area contributed by atoms with Gasteiger partial charge in [-0.1, -0.05) is 57.0 Å². The molecule has 2 aliphatic rings. The van der Waals surface area contributed by atoms with Gasteiger partial charge in [0.25, 0.3) is 0 Å². The van der Waals surface area contributed by atoms with E-state index in [1.165, 1.54) is 6.07 Å². The first-order valence-electron chi connectivity index (χ1n) is 14.4. The molecular weight excluding hydrogens is 644 g/mol. The number of fused-ring (bicyclic) bond motifs is 1. The predicted octanol–water partition coefficient (Wildman–Crippen LogP) is 3.76. The molecule has 2 aliphatic heterocycles. The fourth-order valence-corrected chi connectivity index (χ4v) is 9.11. The van der Waals surface area contributed by atoms with E-state index in [2.05, 4.69) is 15.9 Å². The van der Waals surface area contributed by atoms with Crippen molar-refractivity contribution in [3.8, 4) is 5.75 Å². The number of sulfone groups is 1. The number of carboxylic acids is 1. The van der Waals surface area contributed by atoms with Crippen LogP contribution in [0.25, 0.3) is 0 Å².